The van der Waals surface area contributed by atoms with Crippen molar-refractivity contribution in [3.05, 3.63) is 64.7 Å². The summed E-state index contributed by atoms with van der Waals surface area (Å²) in [5, 5.41) is 2.52. The number of nitrogens with zero attached hydrogens (tertiary/aromatic N) is 2. The number of halogens is 3. The number of fused-ring (bicyclic) bond motifs is 1. The summed E-state index contributed by atoms with van der Waals surface area (Å²) in [5.74, 6) is -1.55. The van der Waals surface area contributed by atoms with E-state index in [2.05, 4.69) is 10.3 Å². The lowest BCUT2D eigenvalue weighted by Crippen LogP contribution is -2.51. The topological polar surface area (TPSA) is 170 Å². The first-order valence-corrected chi connectivity index (χ1v) is 22.2. The van der Waals surface area contributed by atoms with Crippen LogP contribution >= 0.6 is 19.0 Å². The van der Waals surface area contributed by atoms with Gasteiger partial charge in [-0.05, 0) is 82.1 Å². The van der Waals surface area contributed by atoms with Gasteiger partial charge in [-0.25, -0.2) is 18.6 Å². The van der Waals surface area contributed by atoms with E-state index in [1.165, 1.54) is 11.0 Å². The minimum Gasteiger partial charge on any atom is -0.488 e. The van der Waals surface area contributed by atoms with Crippen molar-refractivity contribution in [1.29, 1.82) is 0 Å². The number of carbonyl (C=O) groups is 3. The average Bonchev–Trinajstić information content (AvgIpc) is 3.46. The number of alkyl carbamates (subject to hydrolysis) is 1. The third kappa shape index (κ3) is 10.2. The van der Waals surface area contributed by atoms with Crippen LogP contribution in [0, 0.1) is 17.6 Å². The van der Waals surface area contributed by atoms with E-state index >= 15 is 0 Å². The molecule has 16 heteroatoms. The third-order valence-electron chi connectivity index (χ3n) is 11.5. The van der Waals surface area contributed by atoms with E-state index in [-0.39, 0.29) is 25.0 Å². The fraction of sp³-hybridized carbons (Fsp3) is 0.561. The Hall–Kier alpha value is -3.84. The predicted octanol–water partition coefficient (Wildman–Crippen LogP) is 8.03. The molecule has 3 aromatic rings. The zero-order valence-electron chi connectivity index (χ0n) is 32.2. The number of rotatable bonds is 19. The van der Waals surface area contributed by atoms with Gasteiger partial charge in [-0.3, -0.25) is 9.36 Å². The highest BCUT2D eigenvalue weighted by Crippen LogP contribution is 2.70. The molecular weight excluding hydrogens is 781 g/mol. The number of hydrogen-bond donors (Lipinski definition) is 3. The van der Waals surface area contributed by atoms with E-state index in [0.717, 1.165) is 69.8 Å². The molecule has 1 aromatic heterocycles. The van der Waals surface area contributed by atoms with Gasteiger partial charge in [0.05, 0.1) is 41.2 Å². The highest BCUT2D eigenvalue weighted by atomic mass is 35.5. The van der Waals surface area contributed by atoms with Crippen LogP contribution in [0.3, 0.4) is 0 Å². The highest BCUT2D eigenvalue weighted by molar-refractivity contribution is 7.59. The van der Waals surface area contributed by atoms with Crippen molar-refractivity contribution >= 4 is 48.2 Å². The van der Waals surface area contributed by atoms with Gasteiger partial charge in [0.25, 0.3) is 0 Å². The maximum absolute atomic E-state index is 14.2. The molecule has 4 N–H and O–H groups in total. The largest absolute Gasteiger partial charge is 0.488 e. The van der Waals surface area contributed by atoms with Crippen LogP contribution in [0.5, 0.6) is 11.6 Å². The Labute approximate surface area is 336 Å². The number of amides is 2. The fourth-order valence-corrected chi connectivity index (χ4v) is 10.6. The smallest absolute Gasteiger partial charge is 0.408 e. The van der Waals surface area contributed by atoms with Crippen molar-refractivity contribution in [3.63, 3.8) is 0 Å². The summed E-state index contributed by atoms with van der Waals surface area (Å²) in [7, 11) is -4.09. The summed E-state index contributed by atoms with van der Waals surface area (Å²) in [6, 6.07) is 8.64. The Morgan fingerprint density at radius 3 is 2.53 bits per heavy atom. The molecule has 1 aliphatic heterocycles. The molecule has 6 rings (SSSR count). The molecule has 3 aliphatic rings. The molecule has 2 heterocycles. The number of likely N-dealkylation sites (tertiary alicyclic amines) is 1. The highest BCUT2D eigenvalue weighted by Gasteiger charge is 2.62. The van der Waals surface area contributed by atoms with E-state index in [9.17, 15) is 32.6 Å². The zero-order valence-corrected chi connectivity index (χ0v) is 33.8. The SMILES string of the molecule is CCOc1cc(OC2C[C@@H](C=O)N(C(=O)[C@H](CCCCCCC[C@@H]3C[C@]3(N)P(=O)(O)Cc3c(F)cccc3F)NC(=O)OC3CCCC3)C2)c2cccc(Cl)c2n1. The van der Waals surface area contributed by atoms with E-state index in [4.69, 9.17) is 31.5 Å². The van der Waals surface area contributed by atoms with Gasteiger partial charge in [0, 0.05) is 23.4 Å². The molecule has 3 fully saturated rings. The van der Waals surface area contributed by atoms with Crippen molar-refractivity contribution in [1.82, 2.24) is 15.2 Å². The lowest BCUT2D eigenvalue weighted by molar-refractivity contribution is -0.136. The standard InChI is InChI=1S/C41H52ClF2N4O8P/c1-2-54-37-21-36(30-15-10-16-32(42)38(30)47-37)55-29-20-27(24-49)48(23-29)39(50)35(46-40(51)56-28-13-8-9-14-28)19-7-5-3-4-6-12-26-22-41(26,45)57(52,53)25-31-33(43)17-11-18-34(31)44/h10-11,15-18,21,24,26-29,35H,2-9,12-14,19-20,22-23,25,45H2,1H3,(H,46,51)(H,52,53)/t26-,27+,29?,35+,41+/m1/s1. The van der Waals surface area contributed by atoms with Crippen molar-refractivity contribution in [2.45, 2.75) is 126 Å². The summed E-state index contributed by atoms with van der Waals surface area (Å²) in [6.07, 6.45) is 7.39. The molecule has 6 atom stereocenters. The number of nitrogens with two attached hydrogens (primary N) is 1. The van der Waals surface area contributed by atoms with Crippen LogP contribution in [0.15, 0.2) is 42.5 Å². The number of carbonyl (C=O) groups excluding carboxylic acids is 3. The van der Waals surface area contributed by atoms with Crippen molar-refractivity contribution in [2.75, 3.05) is 13.2 Å². The molecule has 2 saturated carbocycles. The molecule has 0 bridgehead atoms. The van der Waals surface area contributed by atoms with Gasteiger partial charge in [-0.1, -0.05) is 55.8 Å². The molecule has 1 saturated heterocycles. The summed E-state index contributed by atoms with van der Waals surface area (Å²) in [5.41, 5.74) is 6.40. The van der Waals surface area contributed by atoms with Gasteiger partial charge >= 0.3 is 6.09 Å². The van der Waals surface area contributed by atoms with Gasteiger partial charge < -0.3 is 39.8 Å². The van der Waals surface area contributed by atoms with E-state index in [1.54, 1.807) is 18.2 Å². The number of nitrogens with one attached hydrogen (secondary N) is 1. The first-order valence-electron chi connectivity index (χ1n) is 20.0. The second-order valence-electron chi connectivity index (χ2n) is 15.5. The maximum atomic E-state index is 14.2. The first kappa shape index (κ1) is 42.8. The Morgan fingerprint density at radius 2 is 1.81 bits per heavy atom. The second-order valence-corrected chi connectivity index (χ2v) is 18.5. The number of aromatic nitrogens is 1. The number of benzene rings is 2. The summed E-state index contributed by atoms with van der Waals surface area (Å²) in [4.78, 5) is 56.2. The Bertz CT molecular complexity index is 1950. The van der Waals surface area contributed by atoms with Crippen LogP contribution in [-0.4, -0.2) is 75.8 Å². The number of para-hydroxylation sites is 1. The van der Waals surface area contributed by atoms with Crippen LogP contribution in [0.2, 0.25) is 5.02 Å². The quantitative estimate of drug-likeness (QED) is 0.0611. The molecule has 0 radical (unpaired) electrons. The Balaban J connectivity index is 1.02. The summed E-state index contributed by atoms with van der Waals surface area (Å²) in [6.45, 7) is 2.34. The van der Waals surface area contributed by atoms with Crippen LogP contribution in [0.4, 0.5) is 13.6 Å². The van der Waals surface area contributed by atoms with Crippen LogP contribution in [0.1, 0.15) is 96.0 Å². The van der Waals surface area contributed by atoms with Crippen LogP contribution in [0.25, 0.3) is 10.9 Å². The normalized spacial score (nSPS) is 23.5. The molecule has 12 nitrogen and oxygen atoms in total. The minimum atomic E-state index is -4.09. The predicted molar refractivity (Wildman–Crippen MR) is 211 cm³/mol. The number of pyridine rings is 1. The third-order valence-corrected chi connectivity index (χ3v) is 14.4. The lowest BCUT2D eigenvalue weighted by atomic mass is 10.0. The molecule has 2 unspecified atom stereocenters. The minimum absolute atomic E-state index is 0.117. The van der Waals surface area contributed by atoms with E-state index in [0.29, 0.717) is 59.8 Å². The molecule has 2 amide bonds. The lowest BCUT2D eigenvalue weighted by Gasteiger charge is -2.27. The monoisotopic (exact) mass is 832 g/mol. The molecule has 310 valence electrons. The van der Waals surface area contributed by atoms with Crippen molar-refractivity contribution in [3.8, 4) is 11.6 Å². The van der Waals surface area contributed by atoms with Crippen LogP contribution in [-0.2, 0) is 25.1 Å². The molecule has 2 aromatic carbocycles. The van der Waals surface area contributed by atoms with Gasteiger partial charge in [0.15, 0.2) is 0 Å². The maximum Gasteiger partial charge on any atom is 0.408 e. The molecular formula is C41H52ClF2N4O8P. The molecule has 2 aliphatic carbocycles. The van der Waals surface area contributed by atoms with Gasteiger partial charge in [0.2, 0.25) is 19.2 Å². The van der Waals surface area contributed by atoms with E-state index < -0.39 is 66.2 Å². The molecule has 57 heavy (non-hydrogen) atoms. The fourth-order valence-electron chi connectivity index (χ4n) is 8.17. The van der Waals surface area contributed by atoms with Gasteiger partial charge in [-0.15, -0.1) is 0 Å². The van der Waals surface area contributed by atoms with Crippen LogP contribution < -0.4 is 20.5 Å². The number of unbranched alkanes of at least 4 members (excludes halogenated alkanes) is 4. The summed E-state index contributed by atoms with van der Waals surface area (Å²) < 4.78 is 59.2. The number of hydrogen-bond acceptors (Lipinski definition) is 9. The Morgan fingerprint density at radius 1 is 1.11 bits per heavy atom. The van der Waals surface area contributed by atoms with Gasteiger partial charge in [-0.2, -0.15) is 0 Å². The second kappa shape index (κ2) is 18.8. The number of aldehydes is 1. The van der Waals surface area contributed by atoms with Gasteiger partial charge in [0.1, 0.15) is 41.9 Å². The summed E-state index contributed by atoms with van der Waals surface area (Å²) >= 11 is 6.45. The first-order chi connectivity index (χ1) is 27.3. The van der Waals surface area contributed by atoms with Crippen molar-refractivity contribution < 1.29 is 46.8 Å². The zero-order chi connectivity index (χ0) is 40.7. The van der Waals surface area contributed by atoms with E-state index in [1.807, 2.05) is 13.0 Å². The number of ether oxygens (including phenoxy) is 3. The average molecular weight is 833 g/mol. The Kier molecular flexibility index (Phi) is 14.1. The van der Waals surface area contributed by atoms with Crippen molar-refractivity contribution in [2.24, 2.45) is 11.7 Å². The molecule has 0 spiro atoms.